The Labute approximate surface area is 116 Å². The summed E-state index contributed by atoms with van der Waals surface area (Å²) in [6.07, 6.45) is 3.60. The molecule has 1 heterocycles. The van der Waals surface area contributed by atoms with Crippen molar-refractivity contribution in [2.75, 3.05) is 0 Å². The summed E-state index contributed by atoms with van der Waals surface area (Å²) in [6, 6.07) is 0. The van der Waals surface area contributed by atoms with Crippen LogP contribution in [0.5, 0.6) is 0 Å². The van der Waals surface area contributed by atoms with Gasteiger partial charge in [0.1, 0.15) is 0 Å². The molecule has 0 aliphatic heterocycles. The van der Waals surface area contributed by atoms with Crippen molar-refractivity contribution in [3.8, 4) is 0 Å². The van der Waals surface area contributed by atoms with Gasteiger partial charge in [-0.2, -0.15) is 0 Å². The molecular formula is C15H29NOSn. The minimum atomic E-state index is -2.46. The Kier molecular flexibility index (Phi) is 6.22. The molecule has 18 heavy (non-hydrogen) atoms. The minimum absolute atomic E-state index is 0.755. The zero-order valence-electron chi connectivity index (χ0n) is 12.9. The average Bonchev–Trinajstić information content (AvgIpc) is 2.65. The number of oxazole rings is 1. The van der Waals surface area contributed by atoms with Gasteiger partial charge in [-0.1, -0.05) is 0 Å². The van der Waals surface area contributed by atoms with Gasteiger partial charge in [0, 0.05) is 0 Å². The number of rotatable bonds is 7. The van der Waals surface area contributed by atoms with E-state index in [-0.39, 0.29) is 0 Å². The molecule has 0 atom stereocenters. The van der Waals surface area contributed by atoms with E-state index in [0.717, 1.165) is 21.7 Å². The van der Waals surface area contributed by atoms with Crippen LogP contribution in [0.15, 0.2) is 16.9 Å². The Balaban J connectivity index is 3.07. The van der Waals surface area contributed by atoms with E-state index in [1.807, 2.05) is 6.20 Å². The zero-order valence-corrected chi connectivity index (χ0v) is 15.7. The van der Waals surface area contributed by atoms with Crippen molar-refractivity contribution in [3.05, 3.63) is 12.5 Å². The zero-order chi connectivity index (χ0) is 13.8. The molecule has 0 unspecified atom stereocenters. The van der Waals surface area contributed by atoms with Gasteiger partial charge in [-0.3, -0.25) is 0 Å². The van der Waals surface area contributed by atoms with Crippen molar-refractivity contribution >= 4 is 22.3 Å². The van der Waals surface area contributed by atoms with E-state index in [2.05, 4.69) is 46.5 Å². The first-order chi connectivity index (χ1) is 8.35. The number of nitrogens with zero attached hydrogens (tertiary/aromatic N) is 1. The van der Waals surface area contributed by atoms with E-state index >= 15 is 0 Å². The molecule has 0 amide bonds. The van der Waals surface area contributed by atoms with E-state index in [4.69, 9.17) is 4.42 Å². The second kappa shape index (κ2) is 6.97. The van der Waals surface area contributed by atoms with Gasteiger partial charge in [0.25, 0.3) is 0 Å². The molecule has 1 aromatic heterocycles. The summed E-state index contributed by atoms with van der Waals surface area (Å²) in [5, 5.41) is 0. The van der Waals surface area contributed by atoms with Crippen LogP contribution in [0.4, 0.5) is 0 Å². The van der Waals surface area contributed by atoms with Crippen LogP contribution in [-0.2, 0) is 0 Å². The Hall–Kier alpha value is 0.00870. The standard InChI is InChI=1S/3C4H9.C3H2NO.Sn/c3*1-4(2)3;1-2-5-3-4-1;/h3*4H,1H2,2-3H3;1-2H;. The molecule has 3 heteroatoms. The monoisotopic (exact) mass is 359 g/mol. The summed E-state index contributed by atoms with van der Waals surface area (Å²) in [7, 11) is 0. The molecule has 0 aliphatic carbocycles. The third-order valence-corrected chi connectivity index (χ3v) is 20.3. The summed E-state index contributed by atoms with van der Waals surface area (Å²) in [5.74, 6) is 2.26. The van der Waals surface area contributed by atoms with Crippen LogP contribution < -0.4 is 3.91 Å². The van der Waals surface area contributed by atoms with Gasteiger partial charge in [0.15, 0.2) is 0 Å². The first-order valence-corrected chi connectivity index (χ1v) is 14.7. The van der Waals surface area contributed by atoms with Crippen molar-refractivity contribution < 1.29 is 4.42 Å². The van der Waals surface area contributed by atoms with Gasteiger partial charge in [-0.25, -0.2) is 0 Å². The van der Waals surface area contributed by atoms with Crippen LogP contribution in [0.3, 0.4) is 0 Å². The van der Waals surface area contributed by atoms with Gasteiger partial charge in [0.05, 0.1) is 0 Å². The van der Waals surface area contributed by atoms with Crippen molar-refractivity contribution in [3.63, 3.8) is 0 Å². The summed E-state index contributed by atoms with van der Waals surface area (Å²) in [4.78, 5) is 4.57. The Morgan fingerprint density at radius 2 is 1.39 bits per heavy atom. The van der Waals surface area contributed by atoms with Crippen LogP contribution in [0.1, 0.15) is 41.5 Å². The molecule has 0 radical (unpaired) electrons. The molecule has 0 fully saturated rings. The summed E-state index contributed by atoms with van der Waals surface area (Å²) < 4.78 is 11.0. The topological polar surface area (TPSA) is 26.0 Å². The summed E-state index contributed by atoms with van der Waals surface area (Å²) in [6.45, 7) is 14.1. The quantitative estimate of drug-likeness (QED) is 0.680. The van der Waals surface area contributed by atoms with Crippen LogP contribution in [0, 0.1) is 17.8 Å². The van der Waals surface area contributed by atoms with Crippen molar-refractivity contribution in [2.24, 2.45) is 17.8 Å². The molecule has 0 aromatic carbocycles. The molecule has 0 bridgehead atoms. The predicted octanol–water partition coefficient (Wildman–Crippen LogP) is 4.30. The fourth-order valence-corrected chi connectivity index (χ4v) is 21.5. The fraction of sp³-hybridized carbons (Fsp3) is 0.800. The maximum absolute atomic E-state index is 5.78. The molecule has 1 aromatic rings. The number of hydrogen-bond donors (Lipinski definition) is 0. The van der Waals surface area contributed by atoms with E-state index < -0.39 is 18.4 Å². The van der Waals surface area contributed by atoms with Crippen molar-refractivity contribution in [2.45, 2.75) is 54.9 Å². The molecule has 104 valence electrons. The number of aromatic nitrogens is 1. The van der Waals surface area contributed by atoms with Crippen LogP contribution in [0.2, 0.25) is 13.3 Å². The number of hydrogen-bond acceptors (Lipinski definition) is 2. The SMILES string of the molecule is CC(C)[CH2][Sn]([CH2]C(C)C)([CH2]C(C)C)[c]1ncco1. The molecular weight excluding hydrogens is 329 g/mol. The molecule has 2 nitrogen and oxygen atoms in total. The van der Waals surface area contributed by atoms with Crippen LogP contribution in [-0.4, -0.2) is 23.4 Å². The van der Waals surface area contributed by atoms with Crippen LogP contribution in [0.25, 0.3) is 0 Å². The fourth-order valence-electron chi connectivity index (χ4n) is 3.34. The molecule has 0 saturated carbocycles. The average molecular weight is 358 g/mol. The van der Waals surface area contributed by atoms with E-state index in [9.17, 15) is 0 Å². The molecule has 0 spiro atoms. The van der Waals surface area contributed by atoms with E-state index in [0.29, 0.717) is 0 Å². The van der Waals surface area contributed by atoms with Gasteiger partial charge in [0.2, 0.25) is 0 Å². The maximum atomic E-state index is 5.78. The Morgan fingerprint density at radius 3 is 1.67 bits per heavy atom. The van der Waals surface area contributed by atoms with Gasteiger partial charge in [-0.15, -0.1) is 0 Å². The summed E-state index contributed by atoms with van der Waals surface area (Å²) >= 11 is -2.46. The third-order valence-electron chi connectivity index (χ3n) is 3.28. The summed E-state index contributed by atoms with van der Waals surface area (Å²) in [5.41, 5.74) is 0. The molecule has 0 N–H and O–H groups in total. The second-order valence-electron chi connectivity index (χ2n) is 6.91. The molecule has 0 aliphatic rings. The van der Waals surface area contributed by atoms with Gasteiger partial charge >= 0.3 is 117 Å². The molecule has 0 saturated heterocycles. The predicted molar refractivity (Wildman–Crippen MR) is 80.8 cm³/mol. The first-order valence-electron chi connectivity index (χ1n) is 7.25. The van der Waals surface area contributed by atoms with E-state index in [1.54, 1.807) is 6.26 Å². The van der Waals surface area contributed by atoms with Gasteiger partial charge < -0.3 is 0 Å². The Morgan fingerprint density at radius 1 is 0.944 bits per heavy atom. The normalized spacial score (nSPS) is 12.9. The second-order valence-corrected chi connectivity index (χ2v) is 18.9. The van der Waals surface area contributed by atoms with Gasteiger partial charge in [-0.05, 0) is 0 Å². The van der Waals surface area contributed by atoms with E-state index in [1.165, 1.54) is 13.3 Å². The first kappa shape index (κ1) is 16.1. The third kappa shape index (κ3) is 4.60. The Bertz CT molecular complexity index is 304. The van der Waals surface area contributed by atoms with Crippen molar-refractivity contribution in [1.82, 2.24) is 4.98 Å². The molecule has 1 rings (SSSR count). The van der Waals surface area contributed by atoms with Crippen LogP contribution >= 0.6 is 0 Å². The van der Waals surface area contributed by atoms with Crippen molar-refractivity contribution in [1.29, 1.82) is 0 Å².